The molecule has 0 aliphatic rings. The smallest absolute Gasteiger partial charge is 0.339 e. The van der Waals surface area contributed by atoms with E-state index in [0.29, 0.717) is 6.29 Å². The van der Waals surface area contributed by atoms with Crippen molar-refractivity contribution in [3.05, 3.63) is 35.9 Å². The van der Waals surface area contributed by atoms with Gasteiger partial charge in [0.2, 0.25) is 0 Å². The zero-order valence-electron chi connectivity index (χ0n) is 10.0. The Balaban J connectivity index is 2.27. The van der Waals surface area contributed by atoms with Gasteiger partial charge in [-0.25, -0.2) is 10.3 Å². The molecule has 1 rings (SSSR count). The number of carbonyl (C=O) groups is 3. The van der Waals surface area contributed by atoms with E-state index >= 15 is 0 Å². The van der Waals surface area contributed by atoms with E-state index in [9.17, 15) is 14.4 Å². The largest absolute Gasteiger partial charge is 0.481 e. The second-order valence-corrected chi connectivity index (χ2v) is 3.69. The fraction of sp³-hybridized carbons (Fsp3) is 0.250. The molecule has 19 heavy (non-hydrogen) atoms. The summed E-state index contributed by atoms with van der Waals surface area (Å²) in [4.78, 5) is 37.1. The lowest BCUT2D eigenvalue weighted by Crippen LogP contribution is -2.43. The van der Waals surface area contributed by atoms with Gasteiger partial charge in [0.05, 0.1) is 19.1 Å². The fourth-order valence-electron chi connectivity index (χ4n) is 1.28. The summed E-state index contributed by atoms with van der Waals surface area (Å²) in [5, 5.41) is 10.7. The van der Waals surface area contributed by atoms with Crippen molar-refractivity contribution in [2.75, 3.05) is 0 Å². The SMILES string of the molecule is O=CC(CC(=O)O)NC(=O)NOCc1ccccc1. The van der Waals surface area contributed by atoms with E-state index in [2.05, 4.69) is 10.8 Å². The molecule has 102 valence electrons. The van der Waals surface area contributed by atoms with Crippen LogP contribution < -0.4 is 10.8 Å². The Hall–Kier alpha value is -2.41. The van der Waals surface area contributed by atoms with Crippen molar-refractivity contribution in [2.45, 2.75) is 19.1 Å². The minimum atomic E-state index is -1.18. The summed E-state index contributed by atoms with van der Waals surface area (Å²) in [5.74, 6) is -1.18. The Kier molecular flexibility index (Phi) is 6.04. The van der Waals surface area contributed by atoms with Crippen LogP contribution >= 0.6 is 0 Å². The zero-order valence-corrected chi connectivity index (χ0v) is 10.0. The van der Waals surface area contributed by atoms with E-state index in [1.54, 1.807) is 0 Å². The van der Waals surface area contributed by atoms with E-state index < -0.39 is 24.5 Å². The topological polar surface area (TPSA) is 105 Å². The van der Waals surface area contributed by atoms with Crippen molar-refractivity contribution in [1.82, 2.24) is 10.8 Å². The highest BCUT2D eigenvalue weighted by atomic mass is 16.7. The molecule has 0 aliphatic heterocycles. The fourth-order valence-corrected chi connectivity index (χ4v) is 1.28. The predicted molar refractivity (Wildman–Crippen MR) is 65.0 cm³/mol. The maximum Gasteiger partial charge on any atom is 0.339 e. The van der Waals surface area contributed by atoms with Crippen molar-refractivity contribution in [3.8, 4) is 0 Å². The Morgan fingerprint density at radius 1 is 1.32 bits per heavy atom. The van der Waals surface area contributed by atoms with Crippen LogP contribution in [0, 0.1) is 0 Å². The number of hydrogen-bond donors (Lipinski definition) is 3. The molecule has 0 saturated carbocycles. The van der Waals surface area contributed by atoms with Gasteiger partial charge in [0.1, 0.15) is 6.29 Å². The number of nitrogens with one attached hydrogen (secondary N) is 2. The summed E-state index contributed by atoms with van der Waals surface area (Å²) in [6, 6.07) is 7.29. The minimum absolute atomic E-state index is 0.166. The molecule has 0 aliphatic carbocycles. The predicted octanol–water partition coefficient (Wildman–Crippen LogP) is 0.460. The van der Waals surface area contributed by atoms with Crippen LogP contribution in [0.15, 0.2) is 30.3 Å². The molecule has 7 nitrogen and oxygen atoms in total. The molecule has 0 heterocycles. The van der Waals surface area contributed by atoms with Crippen LogP contribution in [-0.2, 0) is 21.0 Å². The van der Waals surface area contributed by atoms with Gasteiger partial charge in [0.15, 0.2) is 0 Å². The molecule has 1 atom stereocenters. The molecule has 7 heteroatoms. The standard InChI is InChI=1S/C12H14N2O5/c15-7-10(6-11(16)17)13-12(18)14-19-8-9-4-2-1-3-5-9/h1-5,7,10H,6,8H2,(H,16,17)(H2,13,14,18). The van der Waals surface area contributed by atoms with Gasteiger partial charge in [0.25, 0.3) is 0 Å². The molecule has 0 saturated heterocycles. The molecular formula is C12H14N2O5. The molecule has 0 aromatic heterocycles. The monoisotopic (exact) mass is 266 g/mol. The Morgan fingerprint density at radius 3 is 2.58 bits per heavy atom. The highest BCUT2D eigenvalue weighted by molar-refractivity contribution is 5.80. The molecule has 1 unspecified atom stereocenters. The van der Waals surface area contributed by atoms with E-state index in [4.69, 9.17) is 9.94 Å². The van der Waals surface area contributed by atoms with Crippen molar-refractivity contribution >= 4 is 18.3 Å². The number of hydroxylamine groups is 1. The normalized spacial score (nSPS) is 11.4. The lowest BCUT2D eigenvalue weighted by molar-refractivity contribution is -0.138. The van der Waals surface area contributed by atoms with Gasteiger partial charge >= 0.3 is 12.0 Å². The molecule has 0 bridgehead atoms. The van der Waals surface area contributed by atoms with E-state index in [1.165, 1.54) is 0 Å². The molecule has 0 fully saturated rings. The minimum Gasteiger partial charge on any atom is -0.481 e. The third kappa shape index (κ3) is 6.18. The van der Waals surface area contributed by atoms with Crippen molar-refractivity contribution in [2.24, 2.45) is 0 Å². The van der Waals surface area contributed by atoms with Gasteiger partial charge in [-0.3, -0.25) is 9.63 Å². The van der Waals surface area contributed by atoms with Crippen LogP contribution in [0.3, 0.4) is 0 Å². The number of urea groups is 1. The number of benzene rings is 1. The third-order valence-electron chi connectivity index (χ3n) is 2.12. The number of aldehydes is 1. The number of carboxylic acid groups (broad SMARTS) is 1. The van der Waals surface area contributed by atoms with Gasteiger partial charge in [-0.15, -0.1) is 0 Å². The highest BCUT2D eigenvalue weighted by Gasteiger charge is 2.14. The first-order valence-corrected chi connectivity index (χ1v) is 5.51. The molecule has 3 N–H and O–H groups in total. The molecular weight excluding hydrogens is 252 g/mol. The van der Waals surface area contributed by atoms with Crippen molar-refractivity contribution < 1.29 is 24.3 Å². The first-order chi connectivity index (χ1) is 9.11. The molecule has 0 radical (unpaired) electrons. The highest BCUT2D eigenvalue weighted by Crippen LogP contribution is 1.98. The van der Waals surface area contributed by atoms with E-state index in [0.717, 1.165) is 5.56 Å². The lowest BCUT2D eigenvalue weighted by Gasteiger charge is -2.11. The van der Waals surface area contributed by atoms with Crippen LogP contribution in [-0.4, -0.2) is 29.4 Å². The van der Waals surface area contributed by atoms with E-state index in [-0.39, 0.29) is 6.61 Å². The number of hydrogen-bond acceptors (Lipinski definition) is 4. The number of carbonyl (C=O) groups excluding carboxylic acids is 2. The molecule has 1 aromatic carbocycles. The average Bonchev–Trinajstić information content (AvgIpc) is 2.38. The van der Waals surface area contributed by atoms with E-state index in [1.807, 2.05) is 30.3 Å². The Bertz CT molecular complexity index is 435. The maximum atomic E-state index is 11.3. The molecule has 0 spiro atoms. The second-order valence-electron chi connectivity index (χ2n) is 3.69. The van der Waals surface area contributed by atoms with Gasteiger partial charge in [-0.05, 0) is 5.56 Å². The molecule has 2 amide bonds. The number of carboxylic acids is 1. The summed E-state index contributed by atoms with van der Waals surface area (Å²) < 4.78 is 0. The average molecular weight is 266 g/mol. The lowest BCUT2D eigenvalue weighted by atomic mass is 10.2. The van der Waals surface area contributed by atoms with Crippen LogP contribution in [0.25, 0.3) is 0 Å². The number of aliphatic carboxylic acids is 1. The van der Waals surface area contributed by atoms with Gasteiger partial charge in [-0.1, -0.05) is 30.3 Å². The van der Waals surface area contributed by atoms with Crippen LogP contribution in [0.2, 0.25) is 0 Å². The first kappa shape index (κ1) is 14.7. The van der Waals surface area contributed by atoms with Crippen molar-refractivity contribution in [1.29, 1.82) is 0 Å². The number of rotatable bonds is 7. The zero-order chi connectivity index (χ0) is 14.1. The summed E-state index contributed by atoms with van der Waals surface area (Å²) in [6.45, 7) is 0.166. The van der Waals surface area contributed by atoms with Gasteiger partial charge < -0.3 is 15.2 Å². The Morgan fingerprint density at radius 2 is 2.00 bits per heavy atom. The number of amides is 2. The Labute approximate surface area is 109 Å². The maximum absolute atomic E-state index is 11.3. The van der Waals surface area contributed by atoms with Gasteiger partial charge in [0, 0.05) is 0 Å². The summed E-state index contributed by atoms with van der Waals surface area (Å²) in [5.41, 5.74) is 2.93. The summed E-state index contributed by atoms with van der Waals surface area (Å²) >= 11 is 0. The van der Waals surface area contributed by atoms with Crippen molar-refractivity contribution in [3.63, 3.8) is 0 Å². The molecule has 1 aromatic rings. The van der Waals surface area contributed by atoms with Crippen LogP contribution in [0.4, 0.5) is 4.79 Å². The first-order valence-electron chi connectivity index (χ1n) is 5.51. The summed E-state index contributed by atoms with van der Waals surface area (Å²) in [6.07, 6.45) is -0.125. The van der Waals surface area contributed by atoms with Crippen LogP contribution in [0.1, 0.15) is 12.0 Å². The summed E-state index contributed by atoms with van der Waals surface area (Å²) in [7, 11) is 0. The van der Waals surface area contributed by atoms with Crippen LogP contribution in [0.5, 0.6) is 0 Å². The quantitative estimate of drug-likeness (QED) is 0.491. The third-order valence-corrected chi connectivity index (χ3v) is 2.12. The van der Waals surface area contributed by atoms with Gasteiger partial charge in [-0.2, -0.15) is 0 Å². The second kappa shape index (κ2) is 7.83.